The first-order valence-corrected chi connectivity index (χ1v) is 7.48. The molecule has 23 heavy (non-hydrogen) atoms. The van der Waals surface area contributed by atoms with Gasteiger partial charge in [0, 0.05) is 12.0 Å². The highest BCUT2D eigenvalue weighted by molar-refractivity contribution is 5.39. The van der Waals surface area contributed by atoms with Crippen molar-refractivity contribution in [2.75, 3.05) is 13.7 Å². The molecular weight excluding hydrogens is 293 g/mol. The summed E-state index contributed by atoms with van der Waals surface area (Å²) in [6.45, 7) is 4.44. The Morgan fingerprint density at radius 3 is 2.57 bits per heavy atom. The standard InChI is InChI=1S/C19H20FNO2/c1-13-4-6-17(10-14(13)2)23-9-8-15(12-21)18-11-16(20)5-7-19(18)22-3/h4-7,10-11,15H,8-9H2,1-3H3. The van der Waals surface area contributed by atoms with Gasteiger partial charge in [-0.1, -0.05) is 6.07 Å². The zero-order chi connectivity index (χ0) is 16.8. The molecule has 2 rings (SSSR count). The molecule has 0 saturated carbocycles. The topological polar surface area (TPSA) is 42.2 Å². The average molecular weight is 313 g/mol. The molecule has 0 aliphatic heterocycles. The molecule has 0 radical (unpaired) electrons. The van der Waals surface area contributed by atoms with Crippen LogP contribution in [-0.4, -0.2) is 13.7 Å². The van der Waals surface area contributed by atoms with Crippen molar-refractivity contribution in [3.63, 3.8) is 0 Å². The molecular formula is C19H20FNO2. The van der Waals surface area contributed by atoms with E-state index in [0.717, 1.165) is 11.3 Å². The minimum atomic E-state index is -0.479. The van der Waals surface area contributed by atoms with Crippen LogP contribution in [-0.2, 0) is 0 Å². The molecule has 0 spiro atoms. The molecule has 120 valence electrons. The highest BCUT2D eigenvalue weighted by Gasteiger charge is 2.17. The van der Waals surface area contributed by atoms with E-state index in [1.54, 1.807) is 6.07 Å². The summed E-state index contributed by atoms with van der Waals surface area (Å²) in [5.41, 5.74) is 2.92. The van der Waals surface area contributed by atoms with Crippen molar-refractivity contribution < 1.29 is 13.9 Å². The van der Waals surface area contributed by atoms with Gasteiger partial charge in [0.1, 0.15) is 17.3 Å². The minimum absolute atomic E-state index is 0.375. The number of methoxy groups -OCH3 is 1. The number of hydrogen-bond acceptors (Lipinski definition) is 3. The summed E-state index contributed by atoms with van der Waals surface area (Å²) in [5, 5.41) is 9.38. The molecule has 4 heteroatoms. The lowest BCUT2D eigenvalue weighted by molar-refractivity contribution is 0.304. The summed E-state index contributed by atoms with van der Waals surface area (Å²) in [4.78, 5) is 0. The van der Waals surface area contributed by atoms with Crippen molar-refractivity contribution in [3.05, 3.63) is 58.9 Å². The largest absolute Gasteiger partial charge is 0.496 e. The Balaban J connectivity index is 2.04. The van der Waals surface area contributed by atoms with Gasteiger partial charge in [-0.15, -0.1) is 0 Å². The van der Waals surface area contributed by atoms with Crippen molar-refractivity contribution >= 4 is 0 Å². The zero-order valence-electron chi connectivity index (χ0n) is 13.6. The Morgan fingerprint density at radius 2 is 1.91 bits per heavy atom. The number of nitrogens with zero attached hydrogens (tertiary/aromatic N) is 1. The number of nitriles is 1. The van der Waals surface area contributed by atoms with E-state index in [2.05, 4.69) is 6.07 Å². The predicted octanol–water partition coefficient (Wildman–Crippen LogP) is 4.53. The van der Waals surface area contributed by atoms with Gasteiger partial charge in [-0.2, -0.15) is 5.26 Å². The van der Waals surface area contributed by atoms with Crippen molar-refractivity contribution in [2.24, 2.45) is 0 Å². The Kier molecular flexibility index (Phi) is 5.59. The Morgan fingerprint density at radius 1 is 1.13 bits per heavy atom. The first-order valence-electron chi connectivity index (χ1n) is 7.48. The second-order valence-electron chi connectivity index (χ2n) is 5.45. The van der Waals surface area contributed by atoms with Gasteiger partial charge in [0.05, 0.1) is 25.7 Å². The van der Waals surface area contributed by atoms with Crippen molar-refractivity contribution in [3.8, 4) is 17.6 Å². The van der Waals surface area contributed by atoms with E-state index in [1.807, 2.05) is 32.0 Å². The zero-order valence-corrected chi connectivity index (χ0v) is 13.6. The summed E-state index contributed by atoms with van der Waals surface area (Å²) in [5.74, 6) is 0.434. The van der Waals surface area contributed by atoms with Gasteiger partial charge in [-0.3, -0.25) is 0 Å². The van der Waals surface area contributed by atoms with E-state index in [1.165, 1.54) is 24.8 Å². The number of hydrogen-bond donors (Lipinski definition) is 0. The van der Waals surface area contributed by atoms with Gasteiger partial charge >= 0.3 is 0 Å². The van der Waals surface area contributed by atoms with Crippen LogP contribution in [0.2, 0.25) is 0 Å². The van der Waals surface area contributed by atoms with E-state index in [0.29, 0.717) is 24.3 Å². The number of aryl methyl sites for hydroxylation is 2. The monoisotopic (exact) mass is 313 g/mol. The molecule has 2 aromatic rings. The third-order valence-corrected chi connectivity index (χ3v) is 3.88. The van der Waals surface area contributed by atoms with Crippen LogP contribution >= 0.6 is 0 Å². The fourth-order valence-corrected chi connectivity index (χ4v) is 2.37. The Bertz CT molecular complexity index is 722. The first-order chi connectivity index (χ1) is 11.0. The first kappa shape index (κ1) is 16.8. The molecule has 0 aromatic heterocycles. The van der Waals surface area contributed by atoms with Crippen LogP contribution in [0.25, 0.3) is 0 Å². The molecule has 1 unspecified atom stereocenters. The van der Waals surface area contributed by atoms with E-state index in [4.69, 9.17) is 9.47 Å². The molecule has 2 aromatic carbocycles. The molecule has 0 N–H and O–H groups in total. The molecule has 1 atom stereocenters. The molecule has 0 saturated heterocycles. The molecule has 3 nitrogen and oxygen atoms in total. The van der Waals surface area contributed by atoms with E-state index < -0.39 is 5.92 Å². The predicted molar refractivity (Wildman–Crippen MR) is 87.3 cm³/mol. The smallest absolute Gasteiger partial charge is 0.123 e. The van der Waals surface area contributed by atoms with Gasteiger partial charge in [0.15, 0.2) is 0 Å². The summed E-state index contributed by atoms with van der Waals surface area (Å²) in [6.07, 6.45) is 0.462. The fourth-order valence-electron chi connectivity index (χ4n) is 2.37. The maximum Gasteiger partial charge on any atom is 0.123 e. The van der Waals surface area contributed by atoms with Crippen LogP contribution in [0.5, 0.6) is 11.5 Å². The average Bonchev–Trinajstić information content (AvgIpc) is 2.55. The van der Waals surface area contributed by atoms with Gasteiger partial charge in [-0.25, -0.2) is 4.39 Å². The summed E-state index contributed by atoms with van der Waals surface area (Å²) < 4.78 is 24.4. The number of ether oxygens (including phenoxy) is 2. The fraction of sp³-hybridized carbons (Fsp3) is 0.316. The summed E-state index contributed by atoms with van der Waals surface area (Å²) >= 11 is 0. The van der Waals surface area contributed by atoms with Gasteiger partial charge in [0.2, 0.25) is 0 Å². The van der Waals surface area contributed by atoms with Gasteiger partial charge in [0.25, 0.3) is 0 Å². The normalized spacial score (nSPS) is 11.6. The number of benzene rings is 2. The second kappa shape index (κ2) is 7.64. The number of halogens is 1. The van der Waals surface area contributed by atoms with Crippen molar-refractivity contribution in [2.45, 2.75) is 26.2 Å². The molecule has 0 bridgehead atoms. The molecule has 0 aliphatic carbocycles. The van der Waals surface area contributed by atoms with Crippen LogP contribution in [0.15, 0.2) is 36.4 Å². The van der Waals surface area contributed by atoms with E-state index in [9.17, 15) is 9.65 Å². The maximum atomic E-state index is 13.5. The molecule has 0 heterocycles. The number of rotatable bonds is 6. The van der Waals surface area contributed by atoms with Crippen LogP contribution in [0, 0.1) is 31.0 Å². The third kappa shape index (κ3) is 4.23. The molecule has 0 fully saturated rings. The third-order valence-electron chi connectivity index (χ3n) is 3.88. The van der Waals surface area contributed by atoms with E-state index in [-0.39, 0.29) is 5.82 Å². The van der Waals surface area contributed by atoms with Crippen LogP contribution in [0.4, 0.5) is 4.39 Å². The van der Waals surface area contributed by atoms with Crippen LogP contribution < -0.4 is 9.47 Å². The summed E-state index contributed by atoms with van der Waals surface area (Å²) in [7, 11) is 1.51. The Labute approximate surface area is 136 Å². The van der Waals surface area contributed by atoms with E-state index >= 15 is 0 Å². The Hall–Kier alpha value is -2.54. The highest BCUT2D eigenvalue weighted by Crippen LogP contribution is 2.29. The SMILES string of the molecule is COc1ccc(F)cc1C(C#N)CCOc1ccc(C)c(C)c1. The lowest BCUT2D eigenvalue weighted by Gasteiger charge is -2.14. The second-order valence-corrected chi connectivity index (χ2v) is 5.45. The van der Waals surface area contributed by atoms with Crippen molar-refractivity contribution in [1.82, 2.24) is 0 Å². The summed E-state index contributed by atoms with van der Waals surface area (Å²) in [6, 6.07) is 12.3. The molecule has 0 amide bonds. The van der Waals surface area contributed by atoms with Crippen LogP contribution in [0.3, 0.4) is 0 Å². The van der Waals surface area contributed by atoms with Gasteiger partial charge in [-0.05, 0) is 55.3 Å². The van der Waals surface area contributed by atoms with Crippen molar-refractivity contribution in [1.29, 1.82) is 5.26 Å². The van der Waals surface area contributed by atoms with Crippen LogP contribution in [0.1, 0.15) is 29.0 Å². The highest BCUT2D eigenvalue weighted by atomic mass is 19.1. The lowest BCUT2D eigenvalue weighted by Crippen LogP contribution is -2.06. The quantitative estimate of drug-likeness (QED) is 0.787. The van der Waals surface area contributed by atoms with Gasteiger partial charge < -0.3 is 9.47 Å². The molecule has 0 aliphatic rings. The minimum Gasteiger partial charge on any atom is -0.496 e. The lowest BCUT2D eigenvalue weighted by atomic mass is 9.96. The maximum absolute atomic E-state index is 13.5.